The number of aromatic nitrogens is 2. The van der Waals surface area contributed by atoms with Crippen molar-refractivity contribution in [3.63, 3.8) is 0 Å². The van der Waals surface area contributed by atoms with Crippen LogP contribution in [0, 0.1) is 13.8 Å². The van der Waals surface area contributed by atoms with Crippen LogP contribution in [-0.2, 0) is 6.54 Å². The minimum absolute atomic E-state index is 0.873. The van der Waals surface area contributed by atoms with E-state index in [9.17, 15) is 0 Å². The predicted octanol–water partition coefficient (Wildman–Crippen LogP) is 3.37. The van der Waals surface area contributed by atoms with Crippen LogP contribution >= 0.6 is 15.9 Å². The Kier molecular flexibility index (Phi) is 3.84. The molecule has 1 aromatic carbocycles. The van der Waals surface area contributed by atoms with Crippen molar-refractivity contribution in [2.75, 3.05) is 11.9 Å². The summed E-state index contributed by atoms with van der Waals surface area (Å²) in [5.74, 6) is 0. The van der Waals surface area contributed by atoms with Gasteiger partial charge < -0.3 is 5.32 Å². The molecular weight excluding hydrogens is 278 g/mol. The number of halogens is 1. The van der Waals surface area contributed by atoms with Crippen LogP contribution in [0.25, 0.3) is 0 Å². The van der Waals surface area contributed by atoms with Gasteiger partial charge in [-0.15, -0.1) is 0 Å². The highest BCUT2D eigenvalue weighted by molar-refractivity contribution is 9.10. The molecule has 0 amide bonds. The van der Waals surface area contributed by atoms with Gasteiger partial charge in [-0.25, -0.2) is 0 Å². The number of benzene rings is 1. The Morgan fingerprint density at radius 1 is 1.29 bits per heavy atom. The number of rotatable bonds is 4. The maximum absolute atomic E-state index is 4.43. The van der Waals surface area contributed by atoms with E-state index in [0.29, 0.717) is 0 Å². The monoisotopic (exact) mass is 293 g/mol. The normalized spacial score (nSPS) is 10.5. The van der Waals surface area contributed by atoms with Gasteiger partial charge in [0.25, 0.3) is 0 Å². The maximum Gasteiger partial charge on any atom is 0.0596 e. The second-order valence-corrected chi connectivity index (χ2v) is 5.00. The Balaban J connectivity index is 1.89. The Hall–Kier alpha value is -1.29. The molecule has 0 aliphatic carbocycles. The van der Waals surface area contributed by atoms with Gasteiger partial charge in [0.15, 0.2) is 0 Å². The number of anilines is 1. The van der Waals surface area contributed by atoms with Crippen LogP contribution < -0.4 is 5.32 Å². The topological polar surface area (TPSA) is 29.9 Å². The summed E-state index contributed by atoms with van der Waals surface area (Å²) in [7, 11) is 0. The molecule has 0 saturated carbocycles. The van der Waals surface area contributed by atoms with Crippen molar-refractivity contribution in [2.45, 2.75) is 20.4 Å². The third kappa shape index (κ3) is 3.33. The van der Waals surface area contributed by atoms with Crippen molar-refractivity contribution in [3.05, 3.63) is 46.2 Å². The molecule has 0 spiro atoms. The number of aryl methyl sites for hydroxylation is 2. The van der Waals surface area contributed by atoms with Gasteiger partial charge in [-0.3, -0.25) is 4.68 Å². The fourth-order valence-corrected chi connectivity index (χ4v) is 2.21. The average molecular weight is 294 g/mol. The lowest BCUT2D eigenvalue weighted by molar-refractivity contribution is 0.615. The van der Waals surface area contributed by atoms with Crippen molar-refractivity contribution in [1.29, 1.82) is 0 Å². The van der Waals surface area contributed by atoms with Crippen LogP contribution in [0.2, 0.25) is 0 Å². The number of nitrogens with zero attached hydrogens (tertiary/aromatic N) is 2. The van der Waals surface area contributed by atoms with Gasteiger partial charge >= 0.3 is 0 Å². The first kappa shape index (κ1) is 12.2. The quantitative estimate of drug-likeness (QED) is 0.937. The number of nitrogens with one attached hydrogen (secondary N) is 1. The van der Waals surface area contributed by atoms with E-state index in [1.54, 1.807) is 0 Å². The van der Waals surface area contributed by atoms with Crippen molar-refractivity contribution in [2.24, 2.45) is 0 Å². The summed E-state index contributed by atoms with van der Waals surface area (Å²) in [5.41, 5.74) is 3.41. The van der Waals surface area contributed by atoms with Gasteiger partial charge in [0.1, 0.15) is 0 Å². The second-order valence-electron chi connectivity index (χ2n) is 4.09. The first-order valence-corrected chi connectivity index (χ1v) is 6.45. The molecule has 2 aromatic rings. The lowest BCUT2D eigenvalue weighted by atomic mass is 10.3. The largest absolute Gasteiger partial charge is 0.383 e. The zero-order valence-electron chi connectivity index (χ0n) is 10.1. The van der Waals surface area contributed by atoms with Crippen LogP contribution in [0.15, 0.2) is 34.8 Å². The smallest absolute Gasteiger partial charge is 0.0596 e. The minimum Gasteiger partial charge on any atom is -0.383 e. The zero-order valence-corrected chi connectivity index (χ0v) is 11.7. The van der Waals surface area contributed by atoms with E-state index in [2.05, 4.69) is 51.5 Å². The number of hydrogen-bond acceptors (Lipinski definition) is 2. The molecule has 0 radical (unpaired) electrons. The van der Waals surface area contributed by atoms with E-state index in [4.69, 9.17) is 0 Å². The standard InChI is InChI=1S/C13H16BrN3/c1-10-8-11(2)17(16-10)7-6-15-13-5-3-4-12(14)9-13/h3-5,8-9,15H,6-7H2,1-2H3. The van der Waals surface area contributed by atoms with E-state index in [0.717, 1.165) is 28.9 Å². The van der Waals surface area contributed by atoms with Crippen molar-refractivity contribution < 1.29 is 0 Å². The highest BCUT2D eigenvalue weighted by Crippen LogP contribution is 2.15. The van der Waals surface area contributed by atoms with Crippen LogP contribution in [0.5, 0.6) is 0 Å². The summed E-state index contributed by atoms with van der Waals surface area (Å²) < 4.78 is 3.12. The molecule has 3 nitrogen and oxygen atoms in total. The van der Waals surface area contributed by atoms with Gasteiger partial charge in [0.2, 0.25) is 0 Å². The predicted molar refractivity (Wildman–Crippen MR) is 74.3 cm³/mol. The third-order valence-corrected chi connectivity index (χ3v) is 3.07. The van der Waals surface area contributed by atoms with E-state index in [1.165, 1.54) is 5.69 Å². The maximum atomic E-state index is 4.43. The van der Waals surface area contributed by atoms with Crippen molar-refractivity contribution in [1.82, 2.24) is 9.78 Å². The molecule has 0 fully saturated rings. The molecular formula is C13H16BrN3. The number of hydrogen-bond donors (Lipinski definition) is 1. The van der Waals surface area contributed by atoms with Gasteiger partial charge in [0.05, 0.1) is 12.2 Å². The molecule has 0 bridgehead atoms. The Morgan fingerprint density at radius 3 is 2.76 bits per heavy atom. The summed E-state index contributed by atoms with van der Waals surface area (Å²) in [5, 5.41) is 7.81. The van der Waals surface area contributed by atoms with Crippen LogP contribution in [0.3, 0.4) is 0 Å². The van der Waals surface area contributed by atoms with E-state index in [1.807, 2.05) is 23.7 Å². The highest BCUT2D eigenvalue weighted by atomic mass is 79.9. The van der Waals surface area contributed by atoms with Crippen LogP contribution in [0.1, 0.15) is 11.4 Å². The van der Waals surface area contributed by atoms with Gasteiger partial charge in [0, 0.05) is 22.4 Å². The summed E-state index contributed by atoms with van der Waals surface area (Å²) in [6, 6.07) is 10.3. The summed E-state index contributed by atoms with van der Waals surface area (Å²) in [6.45, 7) is 5.86. The fourth-order valence-electron chi connectivity index (χ4n) is 1.81. The molecule has 0 aliphatic heterocycles. The summed E-state index contributed by atoms with van der Waals surface area (Å²) >= 11 is 3.46. The summed E-state index contributed by atoms with van der Waals surface area (Å²) in [6.07, 6.45) is 0. The Labute approximate surface area is 110 Å². The average Bonchev–Trinajstić information content (AvgIpc) is 2.58. The molecule has 1 N–H and O–H groups in total. The molecule has 1 heterocycles. The van der Waals surface area contributed by atoms with Gasteiger partial charge in [-0.05, 0) is 38.1 Å². The molecule has 0 unspecified atom stereocenters. The molecule has 17 heavy (non-hydrogen) atoms. The highest BCUT2D eigenvalue weighted by Gasteiger charge is 2.00. The molecule has 0 atom stereocenters. The first-order valence-electron chi connectivity index (χ1n) is 5.65. The zero-order chi connectivity index (χ0) is 12.3. The SMILES string of the molecule is Cc1cc(C)n(CCNc2cccc(Br)c2)n1. The molecule has 1 aromatic heterocycles. The van der Waals surface area contributed by atoms with Gasteiger partial charge in [-0.2, -0.15) is 5.10 Å². The van der Waals surface area contributed by atoms with Gasteiger partial charge in [-0.1, -0.05) is 22.0 Å². The first-order chi connectivity index (χ1) is 8.15. The lowest BCUT2D eigenvalue weighted by Gasteiger charge is -2.08. The van der Waals surface area contributed by atoms with Crippen LogP contribution in [0.4, 0.5) is 5.69 Å². The van der Waals surface area contributed by atoms with E-state index >= 15 is 0 Å². The summed E-state index contributed by atoms with van der Waals surface area (Å²) in [4.78, 5) is 0. The van der Waals surface area contributed by atoms with Crippen molar-refractivity contribution in [3.8, 4) is 0 Å². The second kappa shape index (κ2) is 5.36. The van der Waals surface area contributed by atoms with E-state index in [-0.39, 0.29) is 0 Å². The molecule has 0 saturated heterocycles. The van der Waals surface area contributed by atoms with Crippen molar-refractivity contribution >= 4 is 21.6 Å². The molecule has 90 valence electrons. The Bertz CT molecular complexity index is 505. The van der Waals surface area contributed by atoms with E-state index < -0.39 is 0 Å². The molecule has 2 rings (SSSR count). The lowest BCUT2D eigenvalue weighted by Crippen LogP contribution is -2.12. The molecule has 4 heteroatoms. The third-order valence-electron chi connectivity index (χ3n) is 2.58. The van der Waals surface area contributed by atoms with Crippen LogP contribution in [-0.4, -0.2) is 16.3 Å². The molecule has 0 aliphatic rings. The minimum atomic E-state index is 0.873. The fraction of sp³-hybridized carbons (Fsp3) is 0.308. The Morgan fingerprint density at radius 2 is 2.12 bits per heavy atom.